The molecule has 0 bridgehead atoms. The number of anilines is 1. The molecule has 0 aliphatic carbocycles. The average Bonchev–Trinajstić information content (AvgIpc) is 3.40. The fourth-order valence-corrected chi connectivity index (χ4v) is 4.71. The number of thiophene rings is 1. The molecule has 1 N–H and O–H groups in total. The molecule has 0 atom stereocenters. The smallest absolute Gasteiger partial charge is 0.337 e. The Balaban J connectivity index is 1.50. The molecule has 7 nitrogen and oxygen atoms in total. The minimum Gasteiger partial charge on any atom is -0.465 e. The van der Waals surface area contributed by atoms with Gasteiger partial charge in [0.15, 0.2) is 17.3 Å². The number of aryl methyl sites for hydroxylation is 1. The van der Waals surface area contributed by atoms with Gasteiger partial charge in [0.05, 0.1) is 23.1 Å². The van der Waals surface area contributed by atoms with Gasteiger partial charge in [-0.05, 0) is 36.8 Å². The van der Waals surface area contributed by atoms with Crippen molar-refractivity contribution >= 4 is 44.9 Å². The Hall–Kier alpha value is -3.36. The minimum absolute atomic E-state index is 0.237. The molecule has 2 aromatic heterocycles. The number of esters is 1. The zero-order chi connectivity index (χ0) is 22.2. The summed E-state index contributed by atoms with van der Waals surface area (Å²) >= 11 is 8.10. The molecule has 0 radical (unpaired) electrons. The highest BCUT2D eigenvalue weighted by Gasteiger charge is 2.18. The molecule has 1 aliphatic rings. The number of aromatic nitrogens is 2. The number of benzene rings is 2. The van der Waals surface area contributed by atoms with E-state index in [2.05, 4.69) is 5.32 Å². The van der Waals surface area contributed by atoms with Crippen LogP contribution in [0, 0.1) is 6.92 Å². The normalized spacial score (nSPS) is 12.2. The van der Waals surface area contributed by atoms with Crippen LogP contribution in [-0.4, -0.2) is 29.8 Å². The molecule has 4 aromatic rings. The number of nitrogens with one attached hydrogen (secondary N) is 1. The van der Waals surface area contributed by atoms with E-state index >= 15 is 0 Å². The number of nitrogens with zero attached hydrogens (tertiary/aromatic N) is 2. The Bertz CT molecular complexity index is 1340. The predicted molar refractivity (Wildman–Crippen MR) is 124 cm³/mol. The summed E-state index contributed by atoms with van der Waals surface area (Å²) in [6.07, 6.45) is 0. The molecule has 2 aromatic carbocycles. The Morgan fingerprint density at radius 2 is 1.94 bits per heavy atom. The third-order valence-corrected chi connectivity index (χ3v) is 6.70. The average molecular weight is 468 g/mol. The van der Waals surface area contributed by atoms with Gasteiger partial charge >= 0.3 is 5.97 Å². The Morgan fingerprint density at radius 3 is 2.72 bits per heavy atom. The highest BCUT2D eigenvalue weighted by molar-refractivity contribution is 7.19. The number of ether oxygens (including phenoxy) is 3. The van der Waals surface area contributed by atoms with Crippen molar-refractivity contribution in [3.05, 3.63) is 63.5 Å². The van der Waals surface area contributed by atoms with Crippen LogP contribution in [0.5, 0.6) is 11.5 Å². The van der Waals surface area contributed by atoms with Crippen LogP contribution in [0.1, 0.15) is 20.8 Å². The molecule has 0 fully saturated rings. The summed E-state index contributed by atoms with van der Waals surface area (Å²) in [5.74, 6) is 2.27. The number of carbonyl (C=O) groups excluding carboxylic acids is 1. The Labute approximate surface area is 192 Å². The van der Waals surface area contributed by atoms with Crippen LogP contribution in [-0.2, 0) is 11.3 Å². The second kappa shape index (κ2) is 8.29. The van der Waals surface area contributed by atoms with Crippen molar-refractivity contribution in [3.8, 4) is 22.9 Å². The van der Waals surface area contributed by atoms with E-state index in [9.17, 15) is 4.79 Å². The summed E-state index contributed by atoms with van der Waals surface area (Å²) in [4.78, 5) is 23.0. The van der Waals surface area contributed by atoms with E-state index in [4.69, 9.17) is 35.8 Å². The van der Waals surface area contributed by atoms with Crippen molar-refractivity contribution in [2.75, 3.05) is 19.2 Å². The van der Waals surface area contributed by atoms with E-state index in [1.165, 1.54) is 18.4 Å². The van der Waals surface area contributed by atoms with E-state index < -0.39 is 0 Å². The van der Waals surface area contributed by atoms with Crippen LogP contribution in [0.3, 0.4) is 0 Å². The number of carbonyl (C=O) groups is 1. The van der Waals surface area contributed by atoms with Crippen LogP contribution >= 0.6 is 22.9 Å². The second-order valence-corrected chi connectivity index (χ2v) is 8.74. The Morgan fingerprint density at radius 1 is 1.16 bits per heavy atom. The van der Waals surface area contributed by atoms with Gasteiger partial charge in [-0.25, -0.2) is 14.8 Å². The highest BCUT2D eigenvalue weighted by Crippen LogP contribution is 2.39. The predicted octanol–water partition coefficient (Wildman–Crippen LogP) is 5.45. The van der Waals surface area contributed by atoms with Gasteiger partial charge in [-0.3, -0.25) is 0 Å². The van der Waals surface area contributed by atoms with Gasteiger partial charge in [-0.1, -0.05) is 29.8 Å². The van der Waals surface area contributed by atoms with E-state index in [1.54, 1.807) is 24.3 Å². The maximum Gasteiger partial charge on any atom is 0.337 e. The quantitative estimate of drug-likeness (QED) is 0.391. The van der Waals surface area contributed by atoms with Crippen LogP contribution in [0.4, 0.5) is 5.82 Å². The number of rotatable bonds is 5. The molecule has 0 saturated heterocycles. The van der Waals surface area contributed by atoms with Gasteiger partial charge in [-0.2, -0.15) is 0 Å². The molecular formula is C23H18ClN3O4S. The first-order valence-electron chi connectivity index (χ1n) is 9.81. The standard InChI is InChI=1S/C23H18ClN3O4S/c1-12-19(24)18-21(25-10-13-3-8-16-17(9-13)31-11-30-16)26-20(27-22(18)32-12)14-4-6-15(7-5-14)23(28)29-2/h3-9H,10-11H2,1-2H3,(H,25,26,27). The van der Waals surface area contributed by atoms with Crippen molar-refractivity contribution in [3.63, 3.8) is 0 Å². The molecule has 32 heavy (non-hydrogen) atoms. The molecule has 0 unspecified atom stereocenters. The van der Waals surface area contributed by atoms with Crippen LogP contribution in [0.2, 0.25) is 5.02 Å². The van der Waals surface area contributed by atoms with E-state index in [0.29, 0.717) is 28.8 Å². The zero-order valence-corrected chi connectivity index (χ0v) is 18.8. The lowest BCUT2D eigenvalue weighted by Gasteiger charge is -2.10. The summed E-state index contributed by atoms with van der Waals surface area (Å²) in [6.45, 7) is 2.72. The number of halogens is 1. The topological polar surface area (TPSA) is 82.6 Å². The summed E-state index contributed by atoms with van der Waals surface area (Å²) < 4.78 is 15.6. The van der Waals surface area contributed by atoms with E-state index in [-0.39, 0.29) is 12.8 Å². The number of methoxy groups -OCH3 is 1. The molecule has 1 aliphatic heterocycles. The van der Waals surface area contributed by atoms with Gasteiger partial charge < -0.3 is 19.5 Å². The van der Waals surface area contributed by atoms with E-state index in [0.717, 1.165) is 37.7 Å². The SMILES string of the molecule is COC(=O)c1ccc(-c2nc(NCc3ccc4c(c3)OCO4)c3c(Cl)c(C)sc3n2)cc1. The van der Waals surface area contributed by atoms with E-state index in [1.807, 2.05) is 25.1 Å². The van der Waals surface area contributed by atoms with Crippen LogP contribution in [0.15, 0.2) is 42.5 Å². The monoisotopic (exact) mass is 467 g/mol. The number of hydrogen-bond donors (Lipinski definition) is 1. The molecule has 9 heteroatoms. The largest absolute Gasteiger partial charge is 0.465 e. The minimum atomic E-state index is -0.389. The van der Waals surface area contributed by atoms with Crippen LogP contribution < -0.4 is 14.8 Å². The zero-order valence-electron chi connectivity index (χ0n) is 17.3. The molecule has 0 saturated carbocycles. The summed E-state index contributed by atoms with van der Waals surface area (Å²) in [7, 11) is 1.36. The second-order valence-electron chi connectivity index (χ2n) is 7.16. The molecule has 162 valence electrons. The first kappa shape index (κ1) is 20.5. The van der Waals surface area contributed by atoms with Crippen molar-refractivity contribution in [1.29, 1.82) is 0 Å². The first-order valence-corrected chi connectivity index (χ1v) is 11.0. The molecule has 5 rings (SSSR count). The maximum absolute atomic E-state index is 11.7. The lowest BCUT2D eigenvalue weighted by Crippen LogP contribution is -2.04. The molecular weight excluding hydrogens is 450 g/mol. The molecule has 0 amide bonds. The molecule has 3 heterocycles. The number of fused-ring (bicyclic) bond motifs is 2. The lowest BCUT2D eigenvalue weighted by molar-refractivity contribution is 0.0600. The van der Waals surface area contributed by atoms with Crippen LogP contribution in [0.25, 0.3) is 21.6 Å². The third kappa shape index (κ3) is 3.72. The third-order valence-electron chi connectivity index (χ3n) is 5.12. The van der Waals surface area contributed by atoms with Crippen molar-refractivity contribution in [2.45, 2.75) is 13.5 Å². The van der Waals surface area contributed by atoms with Crippen molar-refractivity contribution < 1.29 is 19.0 Å². The Kier molecular flexibility index (Phi) is 5.32. The maximum atomic E-state index is 11.7. The van der Waals surface area contributed by atoms with Gasteiger partial charge in [0.1, 0.15) is 10.6 Å². The van der Waals surface area contributed by atoms with Crippen molar-refractivity contribution in [2.24, 2.45) is 0 Å². The summed E-state index contributed by atoms with van der Waals surface area (Å²) in [5, 5.41) is 4.84. The van der Waals surface area contributed by atoms with Crippen molar-refractivity contribution in [1.82, 2.24) is 9.97 Å². The van der Waals surface area contributed by atoms with Gasteiger partial charge in [0.25, 0.3) is 0 Å². The first-order chi connectivity index (χ1) is 15.5. The summed E-state index contributed by atoms with van der Waals surface area (Å²) in [5.41, 5.74) is 2.27. The highest BCUT2D eigenvalue weighted by atomic mass is 35.5. The summed E-state index contributed by atoms with van der Waals surface area (Å²) in [6, 6.07) is 12.8. The molecule has 0 spiro atoms. The lowest BCUT2D eigenvalue weighted by atomic mass is 10.1. The fourth-order valence-electron chi connectivity index (χ4n) is 3.44. The van der Waals surface area contributed by atoms with Gasteiger partial charge in [-0.15, -0.1) is 11.3 Å². The fraction of sp³-hybridized carbons (Fsp3) is 0.174. The van der Waals surface area contributed by atoms with Gasteiger partial charge in [0.2, 0.25) is 6.79 Å². The number of hydrogen-bond acceptors (Lipinski definition) is 8. The van der Waals surface area contributed by atoms with Gasteiger partial charge in [0, 0.05) is 17.0 Å².